The molecule has 0 bridgehead atoms. The average Bonchev–Trinajstić information content (AvgIpc) is 2.97. The van der Waals surface area contributed by atoms with Gasteiger partial charge in [-0.1, -0.05) is 6.92 Å². The first-order valence-electron chi connectivity index (χ1n) is 5.79. The molecule has 1 amide bonds. The van der Waals surface area contributed by atoms with Gasteiger partial charge in [0.1, 0.15) is 0 Å². The van der Waals surface area contributed by atoms with Crippen molar-refractivity contribution in [1.82, 2.24) is 10.2 Å². The van der Waals surface area contributed by atoms with Crippen LogP contribution in [0.5, 0.6) is 0 Å². The smallest absolute Gasteiger partial charge is 0.223 e. The second-order valence-corrected chi connectivity index (χ2v) is 3.95. The van der Waals surface area contributed by atoms with Gasteiger partial charge in [0.15, 0.2) is 0 Å². The molecule has 1 rings (SSSR count). The zero-order chi connectivity index (χ0) is 10.4. The van der Waals surface area contributed by atoms with E-state index in [0.717, 1.165) is 26.1 Å². The molecule has 14 heavy (non-hydrogen) atoms. The van der Waals surface area contributed by atoms with E-state index >= 15 is 0 Å². The maximum atomic E-state index is 11.7. The predicted octanol–water partition coefficient (Wildman–Crippen LogP) is 1.39. The van der Waals surface area contributed by atoms with E-state index in [1.807, 2.05) is 11.8 Å². The molecule has 0 unspecified atom stereocenters. The maximum absolute atomic E-state index is 11.7. The molecule has 0 aromatic heterocycles. The van der Waals surface area contributed by atoms with Crippen molar-refractivity contribution in [3.05, 3.63) is 0 Å². The lowest BCUT2D eigenvalue weighted by atomic mass is 10.3. The van der Waals surface area contributed by atoms with Crippen LogP contribution >= 0.6 is 0 Å². The summed E-state index contributed by atoms with van der Waals surface area (Å²) < 4.78 is 0. The summed E-state index contributed by atoms with van der Waals surface area (Å²) in [6.45, 7) is 6.75. The highest BCUT2D eigenvalue weighted by Gasteiger charge is 2.20. The molecule has 0 aromatic rings. The SMILES string of the molecule is CCCN(CC)C(=O)CCNC1CC1. The fourth-order valence-electron chi connectivity index (χ4n) is 1.56. The van der Waals surface area contributed by atoms with Crippen molar-refractivity contribution in [3.63, 3.8) is 0 Å². The first kappa shape index (κ1) is 11.5. The van der Waals surface area contributed by atoms with Gasteiger partial charge in [0.05, 0.1) is 0 Å². The van der Waals surface area contributed by atoms with E-state index in [0.29, 0.717) is 18.4 Å². The van der Waals surface area contributed by atoms with Crippen molar-refractivity contribution in [1.29, 1.82) is 0 Å². The van der Waals surface area contributed by atoms with Gasteiger partial charge in [-0.05, 0) is 26.2 Å². The molecule has 0 heterocycles. The van der Waals surface area contributed by atoms with Crippen molar-refractivity contribution < 1.29 is 4.79 Å². The highest BCUT2D eigenvalue weighted by atomic mass is 16.2. The quantitative estimate of drug-likeness (QED) is 0.670. The van der Waals surface area contributed by atoms with Gasteiger partial charge in [-0.15, -0.1) is 0 Å². The third-order valence-corrected chi connectivity index (χ3v) is 2.58. The second-order valence-electron chi connectivity index (χ2n) is 3.95. The van der Waals surface area contributed by atoms with Gasteiger partial charge in [0.2, 0.25) is 5.91 Å². The van der Waals surface area contributed by atoms with Crippen molar-refractivity contribution in [2.75, 3.05) is 19.6 Å². The molecule has 1 saturated carbocycles. The molecule has 0 radical (unpaired) electrons. The van der Waals surface area contributed by atoms with Crippen LogP contribution in [0.1, 0.15) is 39.5 Å². The number of hydrogen-bond acceptors (Lipinski definition) is 2. The highest BCUT2D eigenvalue weighted by molar-refractivity contribution is 5.76. The van der Waals surface area contributed by atoms with Crippen molar-refractivity contribution in [2.24, 2.45) is 0 Å². The van der Waals surface area contributed by atoms with Crippen LogP contribution in [0.15, 0.2) is 0 Å². The van der Waals surface area contributed by atoms with E-state index in [9.17, 15) is 4.79 Å². The summed E-state index contributed by atoms with van der Waals surface area (Å²) >= 11 is 0. The fourth-order valence-corrected chi connectivity index (χ4v) is 1.56. The summed E-state index contributed by atoms with van der Waals surface area (Å²) in [7, 11) is 0. The summed E-state index contributed by atoms with van der Waals surface area (Å²) in [5, 5.41) is 3.36. The van der Waals surface area contributed by atoms with Crippen LogP contribution in [0.3, 0.4) is 0 Å². The Balaban J connectivity index is 2.09. The Kier molecular flexibility index (Phi) is 4.94. The second kappa shape index (κ2) is 6.02. The topological polar surface area (TPSA) is 32.3 Å². The number of nitrogens with one attached hydrogen (secondary N) is 1. The molecular formula is C11H22N2O. The van der Waals surface area contributed by atoms with E-state index in [1.54, 1.807) is 0 Å². The Bertz CT molecular complexity index is 178. The van der Waals surface area contributed by atoms with E-state index in [4.69, 9.17) is 0 Å². The minimum absolute atomic E-state index is 0.294. The van der Waals surface area contributed by atoms with Crippen LogP contribution in [-0.2, 0) is 4.79 Å². The molecule has 1 fully saturated rings. The Hall–Kier alpha value is -0.570. The summed E-state index contributed by atoms with van der Waals surface area (Å²) in [5.41, 5.74) is 0. The number of nitrogens with zero attached hydrogens (tertiary/aromatic N) is 1. The molecule has 0 spiro atoms. The van der Waals surface area contributed by atoms with Crippen LogP contribution in [0.2, 0.25) is 0 Å². The molecule has 0 aliphatic heterocycles. The van der Waals surface area contributed by atoms with Crippen molar-refractivity contribution in [3.8, 4) is 0 Å². The zero-order valence-electron chi connectivity index (χ0n) is 9.38. The van der Waals surface area contributed by atoms with Gasteiger partial charge in [0, 0.05) is 32.1 Å². The molecule has 82 valence electrons. The van der Waals surface area contributed by atoms with E-state index < -0.39 is 0 Å². The van der Waals surface area contributed by atoms with E-state index in [2.05, 4.69) is 12.2 Å². The maximum Gasteiger partial charge on any atom is 0.223 e. The van der Waals surface area contributed by atoms with Gasteiger partial charge in [-0.2, -0.15) is 0 Å². The molecule has 0 atom stereocenters. The lowest BCUT2D eigenvalue weighted by Gasteiger charge is -2.20. The van der Waals surface area contributed by atoms with Gasteiger partial charge in [-0.3, -0.25) is 4.79 Å². The molecule has 0 aromatic carbocycles. The van der Waals surface area contributed by atoms with Gasteiger partial charge >= 0.3 is 0 Å². The molecule has 3 nitrogen and oxygen atoms in total. The summed E-state index contributed by atoms with van der Waals surface area (Å²) in [5.74, 6) is 0.294. The lowest BCUT2D eigenvalue weighted by molar-refractivity contribution is -0.130. The molecule has 0 saturated heterocycles. The Morgan fingerprint density at radius 1 is 1.43 bits per heavy atom. The normalized spacial score (nSPS) is 15.6. The lowest BCUT2D eigenvalue weighted by Crippen LogP contribution is -2.34. The molecule has 3 heteroatoms. The van der Waals surface area contributed by atoms with Crippen molar-refractivity contribution >= 4 is 5.91 Å². The average molecular weight is 198 g/mol. The number of rotatable bonds is 7. The predicted molar refractivity (Wildman–Crippen MR) is 58.2 cm³/mol. The fraction of sp³-hybridized carbons (Fsp3) is 0.909. The zero-order valence-corrected chi connectivity index (χ0v) is 9.38. The van der Waals surface area contributed by atoms with Gasteiger partial charge in [0.25, 0.3) is 0 Å². The molecule has 1 N–H and O–H groups in total. The number of amides is 1. The number of carbonyl (C=O) groups excluding carboxylic acids is 1. The Labute approximate surface area is 86.9 Å². The monoisotopic (exact) mass is 198 g/mol. The number of hydrogen-bond donors (Lipinski definition) is 1. The van der Waals surface area contributed by atoms with Crippen LogP contribution in [-0.4, -0.2) is 36.5 Å². The minimum atomic E-state index is 0.294. The third kappa shape index (κ3) is 4.09. The number of carbonyl (C=O) groups is 1. The van der Waals surface area contributed by atoms with Crippen LogP contribution in [0.25, 0.3) is 0 Å². The summed E-state index contributed by atoms with van der Waals surface area (Å²) in [4.78, 5) is 13.6. The van der Waals surface area contributed by atoms with E-state index in [-0.39, 0.29) is 0 Å². The standard InChI is InChI=1S/C11H22N2O/c1-3-9-13(4-2)11(14)7-8-12-10-5-6-10/h10,12H,3-9H2,1-2H3. The summed E-state index contributed by atoms with van der Waals surface area (Å²) in [6.07, 6.45) is 4.29. The first-order valence-corrected chi connectivity index (χ1v) is 5.79. The Morgan fingerprint density at radius 3 is 2.64 bits per heavy atom. The summed E-state index contributed by atoms with van der Waals surface area (Å²) in [6, 6.07) is 0.712. The van der Waals surface area contributed by atoms with Crippen LogP contribution in [0, 0.1) is 0 Å². The van der Waals surface area contributed by atoms with E-state index in [1.165, 1.54) is 12.8 Å². The minimum Gasteiger partial charge on any atom is -0.343 e. The van der Waals surface area contributed by atoms with Crippen LogP contribution in [0.4, 0.5) is 0 Å². The molecule has 1 aliphatic carbocycles. The Morgan fingerprint density at radius 2 is 2.14 bits per heavy atom. The first-order chi connectivity index (χ1) is 6.77. The highest BCUT2D eigenvalue weighted by Crippen LogP contribution is 2.18. The van der Waals surface area contributed by atoms with Crippen LogP contribution < -0.4 is 5.32 Å². The third-order valence-electron chi connectivity index (χ3n) is 2.58. The van der Waals surface area contributed by atoms with Gasteiger partial charge in [-0.25, -0.2) is 0 Å². The largest absolute Gasteiger partial charge is 0.343 e. The molecule has 1 aliphatic rings. The van der Waals surface area contributed by atoms with Gasteiger partial charge < -0.3 is 10.2 Å². The van der Waals surface area contributed by atoms with Crippen molar-refractivity contribution in [2.45, 2.75) is 45.6 Å². The molecular weight excluding hydrogens is 176 g/mol.